The Hall–Kier alpha value is -0.751. The van der Waals surface area contributed by atoms with Gasteiger partial charge in [-0.3, -0.25) is 0 Å². The Morgan fingerprint density at radius 2 is 1.76 bits per heavy atom. The molecule has 0 fully saturated rings. The van der Waals surface area contributed by atoms with Crippen molar-refractivity contribution in [2.75, 3.05) is 12.9 Å². The monoisotopic (exact) mass is 326 g/mol. The van der Waals surface area contributed by atoms with E-state index in [1.165, 1.54) is 12.1 Å². The quantitative estimate of drug-likeness (QED) is 0.434. The Morgan fingerprint density at radius 1 is 1.18 bits per heavy atom. The van der Waals surface area contributed by atoms with E-state index in [9.17, 15) is 16.1 Å². The summed E-state index contributed by atoms with van der Waals surface area (Å²) in [5.74, 6) is 0. The maximum atomic E-state index is 11.8. The summed E-state index contributed by atoms with van der Waals surface area (Å²) in [6.07, 6.45) is 1.11. The minimum atomic E-state index is -4.14. The van der Waals surface area contributed by atoms with E-state index in [0.717, 1.165) is 6.26 Å². The standard InChI is InChI=1S/C10H14O5SSe/c1-16(11,12)15-8-5-9-17(13,14)10-6-3-2-4-7-10/h2-4,6-7H,5,8-9H2,1H3. The summed E-state index contributed by atoms with van der Waals surface area (Å²) < 4.78 is 49.8. The molecular weight excluding hydrogens is 311 g/mol. The number of benzene rings is 1. The van der Waals surface area contributed by atoms with E-state index in [2.05, 4.69) is 4.18 Å². The van der Waals surface area contributed by atoms with Gasteiger partial charge in [-0.25, -0.2) is 0 Å². The topological polar surface area (TPSA) is 77.5 Å². The van der Waals surface area contributed by atoms with Gasteiger partial charge >= 0.3 is 102 Å². The van der Waals surface area contributed by atoms with Gasteiger partial charge < -0.3 is 0 Å². The van der Waals surface area contributed by atoms with Crippen molar-refractivity contribution in [3.05, 3.63) is 30.3 Å². The first-order chi connectivity index (χ1) is 7.81. The Bertz CT molecular complexity index is 548. The van der Waals surface area contributed by atoms with Crippen LogP contribution in [0.4, 0.5) is 0 Å². The van der Waals surface area contributed by atoms with Gasteiger partial charge in [0.05, 0.1) is 0 Å². The summed E-state index contributed by atoms with van der Waals surface area (Å²) in [4.78, 5) is 0. The van der Waals surface area contributed by atoms with Crippen molar-refractivity contribution >= 4 is 27.3 Å². The van der Waals surface area contributed by atoms with Crippen LogP contribution in [0.3, 0.4) is 0 Å². The number of hydrogen-bond donors (Lipinski definition) is 0. The van der Waals surface area contributed by atoms with E-state index < -0.39 is 22.8 Å². The molecule has 96 valence electrons. The summed E-state index contributed by atoms with van der Waals surface area (Å²) in [5, 5.41) is -0.0595. The molecule has 1 aromatic carbocycles. The first-order valence-electron chi connectivity index (χ1n) is 4.93. The van der Waals surface area contributed by atoms with Crippen LogP contribution < -0.4 is 4.46 Å². The molecular formula is C10H14O5SSe. The Kier molecular flexibility index (Phi) is 4.82. The van der Waals surface area contributed by atoms with Gasteiger partial charge in [0.1, 0.15) is 0 Å². The van der Waals surface area contributed by atoms with Gasteiger partial charge in [0.2, 0.25) is 0 Å². The van der Waals surface area contributed by atoms with E-state index in [-0.39, 0.29) is 18.3 Å². The molecule has 0 atom stereocenters. The van der Waals surface area contributed by atoms with Gasteiger partial charge in [-0.15, -0.1) is 0 Å². The molecule has 0 aliphatic heterocycles. The van der Waals surface area contributed by atoms with Crippen LogP contribution in [0.15, 0.2) is 30.3 Å². The Labute approximate surface area is 103 Å². The van der Waals surface area contributed by atoms with Crippen molar-refractivity contribution in [3.8, 4) is 0 Å². The molecule has 0 heterocycles. The molecule has 0 saturated carbocycles. The van der Waals surface area contributed by atoms with Crippen LogP contribution in [0.25, 0.3) is 0 Å². The molecule has 0 aliphatic carbocycles. The van der Waals surface area contributed by atoms with E-state index in [1.54, 1.807) is 18.2 Å². The fourth-order valence-corrected chi connectivity index (χ4v) is 4.36. The van der Waals surface area contributed by atoms with Crippen LogP contribution >= 0.6 is 0 Å². The number of hydrogen-bond acceptors (Lipinski definition) is 5. The average Bonchev–Trinajstić information content (AvgIpc) is 2.25. The summed E-state index contributed by atoms with van der Waals surface area (Å²) >= 11 is -4.14. The second kappa shape index (κ2) is 5.73. The van der Waals surface area contributed by atoms with Crippen LogP contribution in [-0.4, -0.2) is 34.0 Å². The first-order valence-corrected chi connectivity index (χ1v) is 10.2. The zero-order valence-electron chi connectivity index (χ0n) is 9.37. The van der Waals surface area contributed by atoms with Gasteiger partial charge in [-0.2, -0.15) is 0 Å². The predicted molar refractivity (Wildman–Crippen MR) is 63.4 cm³/mol. The minimum absolute atomic E-state index is 0.0595. The molecule has 7 heteroatoms. The van der Waals surface area contributed by atoms with Crippen molar-refractivity contribution in [3.63, 3.8) is 0 Å². The van der Waals surface area contributed by atoms with E-state index in [1.807, 2.05) is 0 Å². The third-order valence-electron chi connectivity index (χ3n) is 1.96. The molecule has 0 aromatic heterocycles. The molecule has 0 aliphatic rings. The van der Waals surface area contributed by atoms with Crippen LogP contribution in [0.5, 0.6) is 0 Å². The Morgan fingerprint density at radius 3 is 2.29 bits per heavy atom. The maximum absolute atomic E-state index is 11.8. The second-order valence-corrected chi connectivity index (χ2v) is 9.58. The molecule has 0 spiro atoms. The summed E-state index contributed by atoms with van der Waals surface area (Å²) in [6, 6.07) is 8.13. The van der Waals surface area contributed by atoms with Crippen LogP contribution in [-0.2, 0) is 22.0 Å². The van der Waals surface area contributed by atoms with Gasteiger partial charge in [-0.05, 0) is 0 Å². The van der Waals surface area contributed by atoms with Crippen LogP contribution in [0.2, 0.25) is 5.32 Å². The zero-order chi connectivity index (χ0) is 12.9. The molecule has 0 radical (unpaired) electrons. The third-order valence-corrected chi connectivity index (χ3v) is 6.36. The SMILES string of the molecule is CS(=O)(=O)OCCC[Se](=O)(=O)c1ccccc1. The molecule has 0 saturated heterocycles. The molecule has 0 amide bonds. The molecule has 1 aromatic rings. The molecule has 17 heavy (non-hydrogen) atoms. The average molecular weight is 325 g/mol. The third kappa shape index (κ3) is 5.41. The van der Waals surface area contributed by atoms with E-state index >= 15 is 0 Å². The second-order valence-electron chi connectivity index (χ2n) is 3.51. The van der Waals surface area contributed by atoms with Gasteiger partial charge in [-0.1, -0.05) is 0 Å². The molecule has 0 unspecified atom stereocenters. The molecule has 5 nitrogen and oxygen atoms in total. The zero-order valence-corrected chi connectivity index (χ0v) is 11.9. The van der Waals surface area contributed by atoms with Crippen molar-refractivity contribution < 1.29 is 20.3 Å². The molecule has 0 N–H and O–H groups in total. The van der Waals surface area contributed by atoms with Crippen molar-refractivity contribution in [1.29, 1.82) is 0 Å². The first kappa shape index (κ1) is 14.3. The molecule has 0 bridgehead atoms. The Balaban J connectivity index is 2.53. The van der Waals surface area contributed by atoms with Crippen LogP contribution in [0, 0.1) is 0 Å². The summed E-state index contributed by atoms with van der Waals surface area (Å²) in [5.41, 5.74) is 0. The van der Waals surface area contributed by atoms with Crippen LogP contribution in [0.1, 0.15) is 6.42 Å². The summed E-state index contributed by atoms with van der Waals surface area (Å²) in [7, 11) is -3.49. The van der Waals surface area contributed by atoms with E-state index in [4.69, 9.17) is 0 Å². The predicted octanol–water partition coefficient (Wildman–Crippen LogP) is 0.563. The van der Waals surface area contributed by atoms with Gasteiger partial charge in [0.15, 0.2) is 0 Å². The summed E-state index contributed by atoms with van der Waals surface area (Å²) in [6.45, 7) is -0.102. The normalized spacial score (nSPS) is 12.5. The van der Waals surface area contributed by atoms with Gasteiger partial charge in [0, 0.05) is 0 Å². The molecule has 1 rings (SSSR count). The number of rotatable bonds is 6. The fourth-order valence-electron chi connectivity index (χ4n) is 1.20. The van der Waals surface area contributed by atoms with Crippen molar-refractivity contribution in [2.24, 2.45) is 0 Å². The van der Waals surface area contributed by atoms with E-state index in [0.29, 0.717) is 4.46 Å². The van der Waals surface area contributed by atoms with Gasteiger partial charge in [0.25, 0.3) is 0 Å². The fraction of sp³-hybridized carbons (Fsp3) is 0.400. The van der Waals surface area contributed by atoms with Crippen molar-refractivity contribution in [2.45, 2.75) is 11.7 Å². The van der Waals surface area contributed by atoms with Crippen molar-refractivity contribution in [1.82, 2.24) is 0 Å².